The van der Waals surface area contributed by atoms with Gasteiger partial charge in [0.05, 0.1) is 0 Å². The normalized spacial score (nSPS) is 13.6. The van der Waals surface area contributed by atoms with Crippen molar-refractivity contribution in [3.8, 4) is 0 Å². The van der Waals surface area contributed by atoms with E-state index in [2.05, 4.69) is 5.32 Å². The van der Waals surface area contributed by atoms with Gasteiger partial charge in [0, 0.05) is 10.5 Å². The Bertz CT molecular complexity index is 502. The summed E-state index contributed by atoms with van der Waals surface area (Å²) in [6, 6.07) is 4.76. The van der Waals surface area contributed by atoms with Gasteiger partial charge in [-0.2, -0.15) is 0 Å². The highest BCUT2D eigenvalue weighted by molar-refractivity contribution is 7.98. The van der Waals surface area contributed by atoms with Crippen LogP contribution in [0.5, 0.6) is 0 Å². The number of carbonyl (C=O) groups is 2. The number of rotatable bonds is 6. The van der Waals surface area contributed by atoms with Gasteiger partial charge in [0.25, 0.3) is 5.91 Å². The van der Waals surface area contributed by atoms with Crippen molar-refractivity contribution in [3.05, 3.63) is 29.3 Å². The topological polar surface area (TPSA) is 66.4 Å². The molecule has 0 unspecified atom stereocenters. The third-order valence-electron chi connectivity index (χ3n) is 3.45. The van der Waals surface area contributed by atoms with E-state index in [-0.39, 0.29) is 11.8 Å². The number of amides is 1. The van der Waals surface area contributed by atoms with Gasteiger partial charge in [-0.05, 0) is 36.8 Å². The number of carboxylic acids is 1. The van der Waals surface area contributed by atoms with E-state index in [1.165, 1.54) is 0 Å². The number of nitrogens with one attached hydrogen (secondary N) is 1. The van der Waals surface area contributed by atoms with Crippen LogP contribution in [0.1, 0.15) is 36.2 Å². The Hall–Kier alpha value is -1.49. The van der Waals surface area contributed by atoms with E-state index in [0.717, 1.165) is 10.5 Å². The number of hydrogen-bond acceptors (Lipinski definition) is 3. The van der Waals surface area contributed by atoms with Gasteiger partial charge in [-0.3, -0.25) is 4.79 Å². The van der Waals surface area contributed by atoms with Crippen LogP contribution < -0.4 is 5.32 Å². The van der Waals surface area contributed by atoms with E-state index in [0.29, 0.717) is 12.0 Å². The second kappa shape index (κ2) is 7.33. The van der Waals surface area contributed by atoms with Crippen molar-refractivity contribution in [2.24, 2.45) is 5.92 Å². The maximum Gasteiger partial charge on any atom is 0.326 e. The maximum atomic E-state index is 12.3. The molecule has 110 valence electrons. The smallest absolute Gasteiger partial charge is 0.326 e. The van der Waals surface area contributed by atoms with Crippen LogP contribution in [0.25, 0.3) is 0 Å². The predicted octanol–water partition coefficient (Wildman–Crippen LogP) is 2.95. The van der Waals surface area contributed by atoms with E-state index in [1.807, 2.05) is 39.2 Å². The highest BCUT2D eigenvalue weighted by Crippen LogP contribution is 2.19. The van der Waals surface area contributed by atoms with Crippen LogP contribution in [0.2, 0.25) is 0 Å². The van der Waals surface area contributed by atoms with Gasteiger partial charge in [0.15, 0.2) is 0 Å². The van der Waals surface area contributed by atoms with Gasteiger partial charge in [0.1, 0.15) is 6.04 Å². The second-order valence-electron chi connectivity index (χ2n) is 4.86. The number of carboxylic acid groups (broad SMARTS) is 1. The highest BCUT2D eigenvalue weighted by atomic mass is 32.2. The first-order valence-electron chi connectivity index (χ1n) is 6.59. The Morgan fingerprint density at radius 2 is 2.05 bits per heavy atom. The van der Waals surface area contributed by atoms with E-state index in [4.69, 9.17) is 0 Å². The van der Waals surface area contributed by atoms with Gasteiger partial charge in [-0.1, -0.05) is 26.3 Å². The van der Waals surface area contributed by atoms with E-state index >= 15 is 0 Å². The average molecular weight is 295 g/mol. The monoisotopic (exact) mass is 295 g/mol. The summed E-state index contributed by atoms with van der Waals surface area (Å²) in [6.07, 6.45) is 2.63. The van der Waals surface area contributed by atoms with E-state index in [1.54, 1.807) is 17.8 Å². The zero-order chi connectivity index (χ0) is 15.3. The molecular weight excluding hydrogens is 274 g/mol. The predicted molar refractivity (Wildman–Crippen MR) is 81.3 cm³/mol. The molecule has 0 spiro atoms. The first-order chi connectivity index (χ1) is 9.40. The number of aryl methyl sites for hydroxylation is 1. The van der Waals surface area contributed by atoms with Crippen LogP contribution >= 0.6 is 11.8 Å². The van der Waals surface area contributed by atoms with Crippen molar-refractivity contribution in [3.63, 3.8) is 0 Å². The SMILES string of the molecule is CC[C@H](C)[C@H](NC(=O)c1cc(SC)ccc1C)C(=O)O. The summed E-state index contributed by atoms with van der Waals surface area (Å²) in [5, 5.41) is 11.8. The first-order valence-corrected chi connectivity index (χ1v) is 7.81. The minimum absolute atomic E-state index is 0.111. The van der Waals surface area contributed by atoms with Crippen molar-refractivity contribution in [1.82, 2.24) is 5.32 Å². The van der Waals surface area contributed by atoms with Crippen molar-refractivity contribution in [1.29, 1.82) is 0 Å². The fourth-order valence-corrected chi connectivity index (χ4v) is 2.31. The summed E-state index contributed by atoms with van der Waals surface area (Å²) >= 11 is 1.55. The Morgan fingerprint density at radius 3 is 2.55 bits per heavy atom. The van der Waals surface area contributed by atoms with Gasteiger partial charge in [-0.25, -0.2) is 4.79 Å². The quantitative estimate of drug-likeness (QED) is 0.792. The van der Waals surface area contributed by atoms with Crippen LogP contribution in [0.15, 0.2) is 23.1 Å². The summed E-state index contributed by atoms with van der Waals surface area (Å²) in [7, 11) is 0. The van der Waals surface area contributed by atoms with Gasteiger partial charge in [-0.15, -0.1) is 11.8 Å². The number of hydrogen-bond donors (Lipinski definition) is 2. The maximum absolute atomic E-state index is 12.3. The lowest BCUT2D eigenvalue weighted by Gasteiger charge is -2.20. The molecule has 1 amide bonds. The summed E-state index contributed by atoms with van der Waals surface area (Å²) in [4.78, 5) is 24.5. The van der Waals surface area contributed by atoms with Crippen LogP contribution in [-0.2, 0) is 4.79 Å². The third kappa shape index (κ3) is 4.00. The van der Waals surface area contributed by atoms with Crippen molar-refractivity contribution >= 4 is 23.6 Å². The average Bonchev–Trinajstić information content (AvgIpc) is 2.43. The van der Waals surface area contributed by atoms with Gasteiger partial charge < -0.3 is 10.4 Å². The molecule has 5 heteroatoms. The van der Waals surface area contributed by atoms with Crippen LogP contribution in [0.3, 0.4) is 0 Å². The molecule has 0 aliphatic carbocycles. The fraction of sp³-hybridized carbons (Fsp3) is 0.467. The molecule has 0 aliphatic heterocycles. The molecule has 20 heavy (non-hydrogen) atoms. The standard InChI is InChI=1S/C15H21NO3S/c1-5-9(2)13(15(18)19)16-14(17)12-8-11(20-4)7-6-10(12)3/h6-9,13H,5H2,1-4H3,(H,16,17)(H,18,19)/t9-,13-/m0/s1. The molecular formula is C15H21NO3S. The van der Waals surface area contributed by atoms with E-state index in [9.17, 15) is 14.7 Å². The molecule has 0 radical (unpaired) electrons. The summed E-state index contributed by atoms with van der Waals surface area (Å²) < 4.78 is 0. The zero-order valence-electron chi connectivity index (χ0n) is 12.3. The lowest BCUT2D eigenvalue weighted by atomic mass is 9.98. The minimum atomic E-state index is -0.994. The largest absolute Gasteiger partial charge is 0.480 e. The lowest BCUT2D eigenvalue weighted by molar-refractivity contribution is -0.140. The van der Waals surface area contributed by atoms with Crippen LogP contribution in [0.4, 0.5) is 0 Å². The van der Waals surface area contributed by atoms with Crippen molar-refractivity contribution < 1.29 is 14.7 Å². The molecule has 0 heterocycles. The second-order valence-corrected chi connectivity index (χ2v) is 5.74. The molecule has 1 aromatic carbocycles. The van der Waals surface area contributed by atoms with Crippen molar-refractivity contribution in [2.75, 3.05) is 6.26 Å². The molecule has 2 N–H and O–H groups in total. The fourth-order valence-electron chi connectivity index (χ4n) is 1.87. The molecule has 1 aromatic rings. The Labute approximate surface area is 124 Å². The summed E-state index contributed by atoms with van der Waals surface area (Å²) in [5.74, 6) is -1.43. The molecule has 0 aromatic heterocycles. The number of thioether (sulfide) groups is 1. The van der Waals surface area contributed by atoms with E-state index < -0.39 is 12.0 Å². The first kappa shape index (κ1) is 16.6. The Morgan fingerprint density at radius 1 is 1.40 bits per heavy atom. The third-order valence-corrected chi connectivity index (χ3v) is 4.18. The lowest BCUT2D eigenvalue weighted by Crippen LogP contribution is -2.45. The number of aliphatic carboxylic acids is 1. The van der Waals surface area contributed by atoms with Crippen LogP contribution in [0, 0.1) is 12.8 Å². The highest BCUT2D eigenvalue weighted by Gasteiger charge is 2.26. The summed E-state index contributed by atoms with van der Waals surface area (Å²) in [5.41, 5.74) is 1.37. The Balaban J connectivity index is 2.97. The molecule has 0 saturated carbocycles. The van der Waals surface area contributed by atoms with Crippen LogP contribution in [-0.4, -0.2) is 29.3 Å². The minimum Gasteiger partial charge on any atom is -0.480 e. The van der Waals surface area contributed by atoms with Crippen molar-refractivity contribution in [2.45, 2.75) is 38.1 Å². The zero-order valence-corrected chi connectivity index (χ0v) is 13.1. The molecule has 0 fully saturated rings. The molecule has 2 atom stereocenters. The number of carbonyl (C=O) groups excluding carboxylic acids is 1. The van der Waals surface area contributed by atoms with Gasteiger partial charge >= 0.3 is 5.97 Å². The molecule has 0 aliphatic rings. The Kier molecular flexibility index (Phi) is 6.07. The summed E-state index contributed by atoms with van der Waals surface area (Å²) in [6.45, 7) is 5.58. The van der Waals surface area contributed by atoms with Gasteiger partial charge in [0.2, 0.25) is 0 Å². The molecule has 0 saturated heterocycles. The number of benzene rings is 1. The molecule has 0 bridgehead atoms. The molecule has 1 rings (SSSR count). The molecule has 4 nitrogen and oxygen atoms in total.